The van der Waals surface area contributed by atoms with E-state index in [9.17, 15) is 19.5 Å². The van der Waals surface area contributed by atoms with Crippen molar-refractivity contribution in [2.75, 3.05) is 32.8 Å². The molecule has 1 saturated carbocycles. The lowest BCUT2D eigenvalue weighted by Gasteiger charge is -2.40. The summed E-state index contributed by atoms with van der Waals surface area (Å²) in [6, 6.07) is -0.391. The number of carbonyl (C=O) groups excluding carboxylic acids is 3. The summed E-state index contributed by atoms with van der Waals surface area (Å²) in [7, 11) is 0. The average molecular weight is 516 g/mol. The molecular weight excluding hydrogens is 474 g/mol. The van der Waals surface area contributed by atoms with E-state index in [1.54, 1.807) is 16.7 Å². The number of aliphatic hydroxyl groups excluding tert-OH is 1. The van der Waals surface area contributed by atoms with Crippen molar-refractivity contribution >= 4 is 29.5 Å². The van der Waals surface area contributed by atoms with Gasteiger partial charge in [-0.2, -0.15) is 0 Å². The summed E-state index contributed by atoms with van der Waals surface area (Å²) in [5, 5.41) is 9.39. The first kappa shape index (κ1) is 25.8. The SMILES string of the molecule is CCCN1CC=C[C@]2(C)S[C@]34C=CCN(C5CCCCC5)C(=O)C3N(CCCCO)C(=O)[C@@H]4[C@@H]2C1=O. The third-order valence-electron chi connectivity index (χ3n) is 8.99. The Balaban J connectivity index is 1.57. The minimum absolute atomic E-state index is 0.0391. The van der Waals surface area contributed by atoms with Crippen molar-refractivity contribution in [1.29, 1.82) is 0 Å². The van der Waals surface area contributed by atoms with Crippen LogP contribution in [-0.4, -0.2) is 91.9 Å². The van der Waals surface area contributed by atoms with E-state index >= 15 is 0 Å². The lowest BCUT2D eigenvalue weighted by Crippen LogP contribution is -2.55. The third kappa shape index (κ3) is 4.03. The van der Waals surface area contributed by atoms with E-state index in [0.29, 0.717) is 39.0 Å². The number of fused-ring (bicyclic) bond motifs is 2. The van der Waals surface area contributed by atoms with Crippen LogP contribution in [0.5, 0.6) is 0 Å². The second kappa shape index (κ2) is 10.2. The van der Waals surface area contributed by atoms with Crippen LogP contribution in [0, 0.1) is 11.8 Å². The highest BCUT2D eigenvalue weighted by molar-refractivity contribution is 8.02. The predicted octanol–water partition coefficient (Wildman–Crippen LogP) is 2.99. The first-order valence-corrected chi connectivity index (χ1v) is 14.8. The number of rotatable bonds is 7. The molecule has 0 bridgehead atoms. The summed E-state index contributed by atoms with van der Waals surface area (Å²) in [4.78, 5) is 48.3. The zero-order chi connectivity index (χ0) is 25.5. The van der Waals surface area contributed by atoms with Gasteiger partial charge in [0.2, 0.25) is 17.7 Å². The number of hydrogen-bond acceptors (Lipinski definition) is 5. The highest BCUT2D eigenvalue weighted by atomic mass is 32.2. The standard InChI is InChI=1S/C28H41N3O4S/c1-3-15-29-16-9-13-27(2)21(24(29)33)22-25(34)31(17-7-8-19-32)23-26(35)30(20-11-5-4-6-12-20)18-10-14-28(22,23)36-27/h9-10,13-14,20-23,32H,3-8,11-12,15-19H2,1-2H3/t21-,22+,23?,27+,28+/m1/s1. The highest BCUT2D eigenvalue weighted by Crippen LogP contribution is 2.65. The van der Waals surface area contributed by atoms with Gasteiger partial charge in [-0.25, -0.2) is 0 Å². The first-order valence-electron chi connectivity index (χ1n) is 13.9. The van der Waals surface area contributed by atoms with Crippen LogP contribution < -0.4 is 0 Å². The molecule has 1 spiro atoms. The van der Waals surface area contributed by atoms with Gasteiger partial charge in [0.1, 0.15) is 6.04 Å². The van der Waals surface area contributed by atoms with Gasteiger partial charge in [-0.05, 0) is 39.0 Å². The molecule has 0 aromatic rings. The normalized spacial score (nSPS) is 36.7. The fraction of sp³-hybridized carbons (Fsp3) is 0.750. The van der Waals surface area contributed by atoms with Gasteiger partial charge in [-0.1, -0.05) is 50.5 Å². The Hall–Kier alpha value is -1.80. The van der Waals surface area contributed by atoms with Gasteiger partial charge in [0.05, 0.1) is 16.6 Å². The first-order chi connectivity index (χ1) is 17.4. The fourth-order valence-corrected chi connectivity index (χ4v) is 9.57. The Labute approximate surface area is 219 Å². The number of carbonyl (C=O) groups is 3. The van der Waals surface area contributed by atoms with E-state index in [0.717, 1.165) is 32.1 Å². The van der Waals surface area contributed by atoms with Gasteiger partial charge in [-0.15, -0.1) is 11.8 Å². The number of unbranched alkanes of at least 4 members (excludes halogenated alkanes) is 1. The maximum atomic E-state index is 14.4. The number of nitrogens with zero attached hydrogens (tertiary/aromatic N) is 3. The topological polar surface area (TPSA) is 81.2 Å². The van der Waals surface area contributed by atoms with Crippen LogP contribution in [0.4, 0.5) is 0 Å². The quantitative estimate of drug-likeness (QED) is 0.417. The average Bonchev–Trinajstić information content (AvgIpc) is 3.13. The van der Waals surface area contributed by atoms with E-state index in [-0.39, 0.29) is 30.4 Å². The Morgan fingerprint density at radius 2 is 1.69 bits per heavy atom. The molecule has 3 amide bonds. The minimum atomic E-state index is -0.758. The Morgan fingerprint density at radius 1 is 0.944 bits per heavy atom. The van der Waals surface area contributed by atoms with Crippen molar-refractivity contribution in [3.8, 4) is 0 Å². The second-order valence-electron chi connectivity index (χ2n) is 11.3. The van der Waals surface area contributed by atoms with Gasteiger partial charge in [-0.3, -0.25) is 14.4 Å². The third-order valence-corrected chi connectivity index (χ3v) is 10.8. The lowest BCUT2D eigenvalue weighted by atomic mass is 9.74. The van der Waals surface area contributed by atoms with Crippen LogP contribution in [0.25, 0.3) is 0 Å². The predicted molar refractivity (Wildman–Crippen MR) is 141 cm³/mol. The van der Waals surface area contributed by atoms with Crippen molar-refractivity contribution in [2.45, 2.75) is 86.8 Å². The number of aliphatic hydroxyl groups is 1. The molecule has 2 saturated heterocycles. The molecule has 0 radical (unpaired) electrons. The van der Waals surface area contributed by atoms with Crippen LogP contribution in [0.1, 0.15) is 65.2 Å². The van der Waals surface area contributed by atoms with Gasteiger partial charge in [0.15, 0.2) is 0 Å². The molecule has 0 aromatic heterocycles. The Bertz CT molecular complexity index is 947. The van der Waals surface area contributed by atoms with E-state index in [1.165, 1.54) is 6.42 Å². The summed E-state index contributed by atoms with van der Waals surface area (Å²) < 4.78 is -1.30. The molecule has 198 valence electrons. The molecule has 5 atom stereocenters. The van der Waals surface area contributed by atoms with Crippen LogP contribution in [0.2, 0.25) is 0 Å². The van der Waals surface area contributed by atoms with E-state index in [1.807, 2.05) is 9.80 Å². The van der Waals surface area contributed by atoms with Crippen LogP contribution in [0.3, 0.4) is 0 Å². The van der Waals surface area contributed by atoms with Gasteiger partial charge < -0.3 is 19.8 Å². The molecule has 5 rings (SSSR count). The van der Waals surface area contributed by atoms with Crippen molar-refractivity contribution < 1.29 is 19.5 Å². The molecule has 1 N–H and O–H groups in total. The maximum absolute atomic E-state index is 14.4. The maximum Gasteiger partial charge on any atom is 0.247 e. The monoisotopic (exact) mass is 515 g/mol. The zero-order valence-electron chi connectivity index (χ0n) is 21.7. The minimum Gasteiger partial charge on any atom is -0.396 e. The van der Waals surface area contributed by atoms with Crippen molar-refractivity contribution in [3.05, 3.63) is 24.3 Å². The number of amides is 3. The van der Waals surface area contributed by atoms with E-state index in [4.69, 9.17) is 0 Å². The van der Waals surface area contributed by atoms with Crippen LogP contribution in [0.15, 0.2) is 24.3 Å². The number of hydrogen-bond donors (Lipinski definition) is 1. The summed E-state index contributed by atoms with van der Waals surface area (Å²) in [6.07, 6.45) is 16.1. The fourth-order valence-electron chi connectivity index (χ4n) is 7.42. The summed E-state index contributed by atoms with van der Waals surface area (Å²) in [6.45, 7) is 6.46. The second-order valence-corrected chi connectivity index (χ2v) is 13.1. The van der Waals surface area contributed by atoms with Crippen molar-refractivity contribution in [3.63, 3.8) is 0 Å². The van der Waals surface area contributed by atoms with Crippen LogP contribution in [-0.2, 0) is 14.4 Å². The molecular formula is C28H41N3O4S. The molecule has 4 heterocycles. The Morgan fingerprint density at radius 3 is 2.42 bits per heavy atom. The Kier molecular flexibility index (Phi) is 7.29. The largest absolute Gasteiger partial charge is 0.396 e. The van der Waals surface area contributed by atoms with Crippen LogP contribution >= 0.6 is 11.8 Å². The summed E-state index contributed by atoms with van der Waals surface area (Å²) in [5.74, 6) is -1.04. The molecule has 5 aliphatic rings. The van der Waals surface area contributed by atoms with Gasteiger partial charge in [0.25, 0.3) is 0 Å². The molecule has 1 unspecified atom stereocenters. The summed E-state index contributed by atoms with van der Waals surface area (Å²) in [5.41, 5.74) is 0. The van der Waals surface area contributed by atoms with E-state index in [2.05, 4.69) is 38.2 Å². The van der Waals surface area contributed by atoms with Crippen molar-refractivity contribution in [1.82, 2.24) is 14.7 Å². The van der Waals surface area contributed by atoms with Gasteiger partial charge in [0, 0.05) is 43.6 Å². The molecule has 36 heavy (non-hydrogen) atoms. The van der Waals surface area contributed by atoms with Crippen molar-refractivity contribution in [2.24, 2.45) is 11.8 Å². The molecule has 4 aliphatic heterocycles. The zero-order valence-corrected chi connectivity index (χ0v) is 22.5. The molecule has 0 aromatic carbocycles. The summed E-state index contributed by atoms with van der Waals surface area (Å²) >= 11 is 1.67. The highest BCUT2D eigenvalue weighted by Gasteiger charge is 2.73. The molecule has 8 heteroatoms. The number of likely N-dealkylation sites (tertiary alicyclic amines) is 1. The smallest absolute Gasteiger partial charge is 0.247 e. The molecule has 1 aliphatic carbocycles. The molecule has 7 nitrogen and oxygen atoms in total. The van der Waals surface area contributed by atoms with Gasteiger partial charge >= 0.3 is 0 Å². The van der Waals surface area contributed by atoms with E-state index < -0.39 is 27.4 Å². The molecule has 3 fully saturated rings. The lowest BCUT2D eigenvalue weighted by molar-refractivity contribution is -0.145. The number of thioether (sulfide) groups is 1.